The van der Waals surface area contributed by atoms with Gasteiger partial charge >= 0.3 is 0 Å². The van der Waals surface area contributed by atoms with Crippen LogP contribution in [-0.4, -0.2) is 5.11 Å². The Morgan fingerprint density at radius 1 is 0.882 bits per heavy atom. The van der Waals surface area contributed by atoms with Crippen molar-refractivity contribution >= 4 is 0 Å². The molecule has 2 aromatic carbocycles. The van der Waals surface area contributed by atoms with E-state index in [4.69, 9.17) is 0 Å². The Bertz CT molecular complexity index is 518. The number of benzene rings is 2. The van der Waals surface area contributed by atoms with Gasteiger partial charge in [0, 0.05) is 0 Å². The van der Waals surface area contributed by atoms with Crippen LogP contribution >= 0.6 is 0 Å². The molecule has 1 N–H and O–H groups in total. The maximum Gasteiger partial charge on any atom is 0.123 e. The highest BCUT2D eigenvalue weighted by Crippen LogP contribution is 2.29. The molecule has 0 aliphatic rings. The van der Waals surface area contributed by atoms with E-state index in [2.05, 4.69) is 0 Å². The molecule has 0 spiro atoms. The van der Waals surface area contributed by atoms with Crippen molar-refractivity contribution in [2.75, 3.05) is 0 Å². The minimum Gasteiger partial charge on any atom is -0.381 e. The van der Waals surface area contributed by atoms with Crippen molar-refractivity contribution in [2.24, 2.45) is 0 Å². The molecule has 0 aliphatic heterocycles. The van der Waals surface area contributed by atoms with Gasteiger partial charge in [-0.25, -0.2) is 8.78 Å². The average molecular weight is 234 g/mol. The summed E-state index contributed by atoms with van der Waals surface area (Å²) in [7, 11) is 0. The van der Waals surface area contributed by atoms with Gasteiger partial charge < -0.3 is 5.11 Å². The van der Waals surface area contributed by atoms with E-state index < -0.39 is 11.4 Å². The van der Waals surface area contributed by atoms with Gasteiger partial charge in [-0.2, -0.15) is 0 Å². The van der Waals surface area contributed by atoms with Gasteiger partial charge in [-0.05, 0) is 42.3 Å². The van der Waals surface area contributed by atoms with Gasteiger partial charge in [-0.1, -0.05) is 24.3 Å². The maximum absolute atomic E-state index is 13.1. The molecule has 0 amide bonds. The third kappa shape index (κ3) is 2.34. The molecule has 0 radical (unpaired) electrons. The fourth-order valence-electron chi connectivity index (χ4n) is 1.73. The van der Waals surface area contributed by atoms with Gasteiger partial charge in [0.1, 0.15) is 17.2 Å². The highest BCUT2D eigenvalue weighted by Gasteiger charge is 2.25. The van der Waals surface area contributed by atoms with E-state index in [9.17, 15) is 13.9 Å². The number of rotatable bonds is 2. The minimum absolute atomic E-state index is 0.371. The molecule has 88 valence electrons. The third-order valence-corrected chi connectivity index (χ3v) is 2.79. The normalized spacial score (nSPS) is 14.4. The third-order valence-electron chi connectivity index (χ3n) is 2.79. The first kappa shape index (κ1) is 11.7. The summed E-state index contributed by atoms with van der Waals surface area (Å²) >= 11 is 0. The molecule has 0 aromatic heterocycles. The Labute approximate surface area is 98.3 Å². The lowest BCUT2D eigenvalue weighted by Gasteiger charge is -2.24. The second kappa shape index (κ2) is 4.26. The zero-order chi connectivity index (χ0) is 12.5. The largest absolute Gasteiger partial charge is 0.381 e. The molecule has 2 aromatic rings. The Morgan fingerprint density at radius 3 is 2.12 bits per heavy atom. The van der Waals surface area contributed by atoms with Crippen LogP contribution in [0, 0.1) is 11.6 Å². The smallest absolute Gasteiger partial charge is 0.123 e. The van der Waals surface area contributed by atoms with Crippen LogP contribution in [0.3, 0.4) is 0 Å². The van der Waals surface area contributed by atoms with Crippen molar-refractivity contribution < 1.29 is 13.9 Å². The Kier molecular flexibility index (Phi) is 2.94. The zero-order valence-corrected chi connectivity index (χ0v) is 9.32. The predicted molar refractivity (Wildman–Crippen MR) is 61.5 cm³/mol. The van der Waals surface area contributed by atoms with E-state index in [1.807, 2.05) is 0 Å². The molecule has 3 heteroatoms. The number of halogens is 2. The topological polar surface area (TPSA) is 20.2 Å². The molecule has 0 fully saturated rings. The number of aliphatic hydroxyl groups is 1. The van der Waals surface area contributed by atoms with Gasteiger partial charge in [0.15, 0.2) is 0 Å². The van der Waals surface area contributed by atoms with Gasteiger partial charge in [-0.15, -0.1) is 0 Å². The fraction of sp³-hybridized carbons (Fsp3) is 0.143. The summed E-state index contributed by atoms with van der Waals surface area (Å²) in [5, 5.41) is 10.4. The monoisotopic (exact) mass is 234 g/mol. The van der Waals surface area contributed by atoms with E-state index in [-0.39, 0.29) is 5.82 Å². The van der Waals surface area contributed by atoms with Crippen LogP contribution in [0.5, 0.6) is 0 Å². The lowest BCUT2D eigenvalue weighted by Crippen LogP contribution is -2.22. The van der Waals surface area contributed by atoms with Crippen molar-refractivity contribution in [1.29, 1.82) is 0 Å². The summed E-state index contributed by atoms with van der Waals surface area (Å²) in [5.74, 6) is -0.784. The predicted octanol–water partition coefficient (Wildman–Crippen LogP) is 3.22. The van der Waals surface area contributed by atoms with Crippen LogP contribution in [0.15, 0.2) is 48.5 Å². The van der Waals surface area contributed by atoms with E-state index in [0.717, 1.165) is 0 Å². The summed E-state index contributed by atoms with van der Waals surface area (Å²) in [5.41, 5.74) is -0.385. The van der Waals surface area contributed by atoms with Gasteiger partial charge in [-0.3, -0.25) is 0 Å². The minimum atomic E-state index is -1.34. The summed E-state index contributed by atoms with van der Waals surface area (Å²) in [6.07, 6.45) is 0. The van der Waals surface area contributed by atoms with E-state index in [0.29, 0.717) is 11.1 Å². The molecule has 0 heterocycles. The van der Waals surface area contributed by atoms with Gasteiger partial charge in [0.2, 0.25) is 0 Å². The van der Waals surface area contributed by atoms with Crippen molar-refractivity contribution in [3.63, 3.8) is 0 Å². The van der Waals surface area contributed by atoms with Crippen LogP contribution in [-0.2, 0) is 5.60 Å². The van der Waals surface area contributed by atoms with Crippen LogP contribution in [0.1, 0.15) is 18.1 Å². The van der Waals surface area contributed by atoms with Crippen molar-refractivity contribution in [1.82, 2.24) is 0 Å². The van der Waals surface area contributed by atoms with Gasteiger partial charge in [0.05, 0.1) is 0 Å². The van der Waals surface area contributed by atoms with E-state index in [1.165, 1.54) is 42.5 Å². The quantitative estimate of drug-likeness (QED) is 0.845. The lowest BCUT2D eigenvalue weighted by molar-refractivity contribution is 0.102. The molecule has 0 saturated carbocycles. The standard InChI is InChI=1S/C14H12F2O/c1-14(17,10-5-7-12(15)8-6-10)11-3-2-4-13(16)9-11/h2-9,17H,1H3. The first-order chi connectivity index (χ1) is 8.00. The summed E-state index contributed by atoms with van der Waals surface area (Å²) in [6, 6.07) is 11.2. The average Bonchev–Trinajstić information content (AvgIpc) is 2.29. The number of hydrogen-bond donors (Lipinski definition) is 1. The fourth-order valence-corrected chi connectivity index (χ4v) is 1.73. The van der Waals surface area contributed by atoms with Crippen molar-refractivity contribution in [3.05, 3.63) is 71.3 Å². The van der Waals surface area contributed by atoms with Crippen LogP contribution in [0.2, 0.25) is 0 Å². The number of hydrogen-bond acceptors (Lipinski definition) is 1. The lowest BCUT2D eigenvalue weighted by atomic mass is 9.88. The Hall–Kier alpha value is -1.74. The summed E-state index contributed by atoms with van der Waals surface area (Å²) in [6.45, 7) is 1.55. The summed E-state index contributed by atoms with van der Waals surface area (Å²) in [4.78, 5) is 0. The molecule has 1 nitrogen and oxygen atoms in total. The molecule has 0 bridgehead atoms. The Balaban J connectivity index is 2.45. The van der Waals surface area contributed by atoms with Crippen molar-refractivity contribution in [2.45, 2.75) is 12.5 Å². The van der Waals surface area contributed by atoms with E-state index in [1.54, 1.807) is 13.0 Å². The highest BCUT2D eigenvalue weighted by atomic mass is 19.1. The zero-order valence-electron chi connectivity index (χ0n) is 9.32. The summed E-state index contributed by atoms with van der Waals surface area (Å²) < 4.78 is 25.9. The molecule has 0 saturated heterocycles. The Morgan fingerprint density at radius 2 is 1.53 bits per heavy atom. The molecule has 2 rings (SSSR count). The SMILES string of the molecule is CC(O)(c1ccc(F)cc1)c1cccc(F)c1. The van der Waals surface area contributed by atoms with Crippen LogP contribution < -0.4 is 0 Å². The molecule has 0 aliphatic carbocycles. The van der Waals surface area contributed by atoms with Gasteiger partial charge in [0.25, 0.3) is 0 Å². The van der Waals surface area contributed by atoms with E-state index >= 15 is 0 Å². The second-order valence-electron chi connectivity index (χ2n) is 4.09. The van der Waals surface area contributed by atoms with Crippen LogP contribution in [0.25, 0.3) is 0 Å². The molecule has 1 atom stereocenters. The van der Waals surface area contributed by atoms with Crippen LogP contribution in [0.4, 0.5) is 8.78 Å². The maximum atomic E-state index is 13.1. The molecule has 17 heavy (non-hydrogen) atoms. The molecular formula is C14H12F2O. The highest BCUT2D eigenvalue weighted by molar-refractivity contribution is 5.35. The molecular weight excluding hydrogens is 222 g/mol. The first-order valence-corrected chi connectivity index (χ1v) is 5.24. The van der Waals surface area contributed by atoms with Crippen molar-refractivity contribution in [3.8, 4) is 0 Å². The first-order valence-electron chi connectivity index (χ1n) is 5.24. The molecule has 1 unspecified atom stereocenters. The second-order valence-corrected chi connectivity index (χ2v) is 4.09.